The van der Waals surface area contributed by atoms with Crippen molar-refractivity contribution in [3.8, 4) is 0 Å². The van der Waals surface area contributed by atoms with E-state index in [4.69, 9.17) is 11.6 Å². The van der Waals surface area contributed by atoms with Gasteiger partial charge in [0, 0.05) is 18.9 Å². The lowest BCUT2D eigenvalue weighted by molar-refractivity contribution is 0.102. The summed E-state index contributed by atoms with van der Waals surface area (Å²) >= 11 is 5.97. The zero-order chi connectivity index (χ0) is 14.4. The molecular weight excluding hydrogens is 276 g/mol. The average Bonchev–Trinajstić information content (AvgIpc) is 2.48. The molecule has 0 spiro atoms. The van der Waals surface area contributed by atoms with Crippen molar-refractivity contribution in [2.45, 2.75) is 0 Å². The molecule has 1 aromatic heterocycles. The molecule has 0 aliphatic heterocycles. The van der Waals surface area contributed by atoms with Gasteiger partial charge in [-0.25, -0.2) is 9.97 Å². The summed E-state index contributed by atoms with van der Waals surface area (Å²) in [6.07, 6.45) is 4.59. The van der Waals surface area contributed by atoms with Gasteiger partial charge in [-0.15, -0.1) is 6.58 Å². The standard InChI is InChI=1S/C14H13ClN4O/c1-2-7-16-14-17-8-10(9-18-14)13(20)19-12-6-4-3-5-11(12)15/h2-6,8-9H,1,7H2,(H,19,20)(H,16,17,18). The van der Waals surface area contributed by atoms with Crippen molar-refractivity contribution in [2.75, 3.05) is 17.2 Å². The molecule has 0 aliphatic carbocycles. The zero-order valence-electron chi connectivity index (χ0n) is 10.6. The van der Waals surface area contributed by atoms with Crippen LogP contribution in [0.3, 0.4) is 0 Å². The maximum atomic E-state index is 12.0. The Morgan fingerprint density at radius 3 is 2.65 bits per heavy atom. The summed E-state index contributed by atoms with van der Waals surface area (Å²) < 4.78 is 0. The van der Waals surface area contributed by atoms with Crippen molar-refractivity contribution in [1.29, 1.82) is 0 Å². The second-order valence-corrected chi connectivity index (χ2v) is 4.31. The number of para-hydroxylation sites is 1. The Morgan fingerprint density at radius 1 is 1.30 bits per heavy atom. The molecule has 0 radical (unpaired) electrons. The molecule has 0 atom stereocenters. The number of carbonyl (C=O) groups excluding carboxylic acids is 1. The van der Waals surface area contributed by atoms with Crippen LogP contribution in [0.15, 0.2) is 49.3 Å². The molecule has 0 fully saturated rings. The van der Waals surface area contributed by atoms with E-state index in [1.807, 2.05) is 0 Å². The van der Waals surface area contributed by atoms with Crippen LogP contribution in [0, 0.1) is 0 Å². The van der Waals surface area contributed by atoms with Crippen LogP contribution in [0.1, 0.15) is 10.4 Å². The number of aromatic nitrogens is 2. The Kier molecular flexibility index (Phi) is 4.68. The highest BCUT2D eigenvalue weighted by molar-refractivity contribution is 6.33. The molecule has 20 heavy (non-hydrogen) atoms. The van der Waals surface area contributed by atoms with Crippen molar-refractivity contribution in [2.24, 2.45) is 0 Å². The Morgan fingerprint density at radius 2 is 2.00 bits per heavy atom. The maximum absolute atomic E-state index is 12.0. The lowest BCUT2D eigenvalue weighted by Crippen LogP contribution is -2.13. The Balaban J connectivity index is 2.06. The van der Waals surface area contributed by atoms with E-state index < -0.39 is 0 Å². The minimum atomic E-state index is -0.312. The Hall–Kier alpha value is -2.40. The number of nitrogens with zero attached hydrogens (tertiary/aromatic N) is 2. The first-order chi connectivity index (χ1) is 9.70. The van der Waals surface area contributed by atoms with Crippen molar-refractivity contribution < 1.29 is 4.79 Å². The van der Waals surface area contributed by atoms with Gasteiger partial charge in [-0.05, 0) is 12.1 Å². The van der Waals surface area contributed by atoms with Crippen LogP contribution in [-0.4, -0.2) is 22.4 Å². The molecule has 5 nitrogen and oxygen atoms in total. The van der Waals surface area contributed by atoms with Crippen LogP contribution in [-0.2, 0) is 0 Å². The highest BCUT2D eigenvalue weighted by Crippen LogP contribution is 2.20. The molecular formula is C14H13ClN4O. The zero-order valence-corrected chi connectivity index (χ0v) is 11.4. The Bertz CT molecular complexity index is 613. The summed E-state index contributed by atoms with van der Waals surface area (Å²) in [6.45, 7) is 4.14. The van der Waals surface area contributed by atoms with E-state index in [2.05, 4.69) is 27.2 Å². The number of amides is 1. The van der Waals surface area contributed by atoms with Gasteiger partial charge in [-0.1, -0.05) is 29.8 Å². The summed E-state index contributed by atoms with van der Waals surface area (Å²) in [5.41, 5.74) is 0.905. The van der Waals surface area contributed by atoms with Crippen molar-refractivity contribution in [3.05, 3.63) is 59.9 Å². The summed E-state index contributed by atoms with van der Waals surface area (Å²) in [4.78, 5) is 20.1. The molecule has 102 valence electrons. The predicted octanol–water partition coefficient (Wildman–Crippen LogP) is 2.98. The van der Waals surface area contributed by atoms with E-state index >= 15 is 0 Å². The third-order valence-electron chi connectivity index (χ3n) is 2.44. The number of halogens is 1. The molecule has 2 N–H and O–H groups in total. The van der Waals surface area contributed by atoms with E-state index in [1.54, 1.807) is 30.3 Å². The van der Waals surface area contributed by atoms with Crippen molar-refractivity contribution in [1.82, 2.24) is 9.97 Å². The van der Waals surface area contributed by atoms with E-state index in [0.717, 1.165) is 0 Å². The number of rotatable bonds is 5. The maximum Gasteiger partial charge on any atom is 0.258 e. The van der Waals surface area contributed by atoms with Gasteiger partial charge in [0.15, 0.2) is 0 Å². The first-order valence-corrected chi connectivity index (χ1v) is 6.31. The van der Waals surface area contributed by atoms with E-state index in [9.17, 15) is 4.79 Å². The minimum absolute atomic E-state index is 0.312. The lowest BCUT2D eigenvalue weighted by atomic mass is 10.3. The first-order valence-electron chi connectivity index (χ1n) is 5.93. The van der Waals surface area contributed by atoms with Crippen LogP contribution in [0.4, 0.5) is 11.6 Å². The Labute approximate surface area is 121 Å². The summed E-state index contributed by atoms with van der Waals surface area (Å²) in [5.74, 6) is 0.132. The fourth-order valence-electron chi connectivity index (χ4n) is 1.46. The summed E-state index contributed by atoms with van der Waals surface area (Å²) in [6, 6.07) is 7.01. The average molecular weight is 289 g/mol. The molecule has 2 aromatic rings. The van der Waals surface area contributed by atoms with Gasteiger partial charge < -0.3 is 10.6 Å². The molecule has 0 unspecified atom stereocenters. The molecule has 0 bridgehead atoms. The molecule has 1 aromatic carbocycles. The topological polar surface area (TPSA) is 66.9 Å². The van der Waals surface area contributed by atoms with Crippen molar-refractivity contribution in [3.63, 3.8) is 0 Å². The van der Waals surface area contributed by atoms with Gasteiger partial charge in [-0.2, -0.15) is 0 Å². The van der Waals surface area contributed by atoms with Gasteiger partial charge in [0.25, 0.3) is 5.91 Å². The third-order valence-corrected chi connectivity index (χ3v) is 2.77. The molecule has 1 heterocycles. The SMILES string of the molecule is C=CCNc1ncc(C(=O)Nc2ccccc2Cl)cn1. The number of nitrogens with one attached hydrogen (secondary N) is 2. The number of anilines is 2. The minimum Gasteiger partial charge on any atom is -0.351 e. The van der Waals surface area contributed by atoms with Gasteiger partial charge >= 0.3 is 0 Å². The monoisotopic (exact) mass is 288 g/mol. The molecule has 6 heteroatoms. The molecule has 2 rings (SSSR count). The smallest absolute Gasteiger partial charge is 0.258 e. The van der Waals surface area contributed by atoms with Gasteiger partial charge in [-0.3, -0.25) is 4.79 Å². The fourth-order valence-corrected chi connectivity index (χ4v) is 1.64. The van der Waals surface area contributed by atoms with Gasteiger partial charge in [0.2, 0.25) is 5.95 Å². The van der Waals surface area contributed by atoms with Gasteiger partial charge in [0.05, 0.1) is 16.3 Å². The number of carbonyl (C=O) groups is 1. The molecule has 1 amide bonds. The van der Waals surface area contributed by atoms with E-state index in [0.29, 0.717) is 28.8 Å². The summed E-state index contributed by atoms with van der Waals surface area (Å²) in [7, 11) is 0. The lowest BCUT2D eigenvalue weighted by Gasteiger charge is -2.07. The van der Waals surface area contributed by atoms with Crippen LogP contribution >= 0.6 is 11.6 Å². The fraction of sp³-hybridized carbons (Fsp3) is 0.0714. The summed E-state index contributed by atoms with van der Waals surface area (Å²) in [5, 5.41) is 6.11. The quantitative estimate of drug-likeness (QED) is 0.830. The molecule has 0 saturated carbocycles. The van der Waals surface area contributed by atoms with Crippen LogP contribution < -0.4 is 10.6 Å². The molecule has 0 aliphatic rings. The number of hydrogen-bond acceptors (Lipinski definition) is 4. The van der Waals surface area contributed by atoms with Crippen molar-refractivity contribution >= 4 is 29.1 Å². The van der Waals surface area contributed by atoms with Gasteiger partial charge in [0.1, 0.15) is 0 Å². The largest absolute Gasteiger partial charge is 0.351 e. The first kappa shape index (κ1) is 14.0. The second-order valence-electron chi connectivity index (χ2n) is 3.90. The predicted molar refractivity (Wildman–Crippen MR) is 80.1 cm³/mol. The van der Waals surface area contributed by atoms with Crippen LogP contribution in [0.25, 0.3) is 0 Å². The highest BCUT2D eigenvalue weighted by Gasteiger charge is 2.09. The normalized spacial score (nSPS) is 9.85. The third kappa shape index (κ3) is 3.55. The highest BCUT2D eigenvalue weighted by atomic mass is 35.5. The van der Waals surface area contributed by atoms with E-state index in [-0.39, 0.29) is 5.91 Å². The number of hydrogen-bond donors (Lipinski definition) is 2. The van der Waals surface area contributed by atoms with E-state index in [1.165, 1.54) is 12.4 Å². The number of benzene rings is 1. The molecule has 0 saturated heterocycles. The van der Waals surface area contributed by atoms with Crippen LogP contribution in [0.5, 0.6) is 0 Å². The second kappa shape index (κ2) is 6.68. The van der Waals surface area contributed by atoms with Crippen LogP contribution in [0.2, 0.25) is 5.02 Å².